The lowest BCUT2D eigenvalue weighted by Crippen LogP contribution is -2.49. The topological polar surface area (TPSA) is 48.4 Å². The van der Waals surface area contributed by atoms with Gasteiger partial charge in [0.05, 0.1) is 25.4 Å². The van der Waals surface area contributed by atoms with Crippen LogP contribution in [-0.2, 0) is 4.79 Å². The molecule has 0 radical (unpaired) electrons. The van der Waals surface area contributed by atoms with Crippen molar-refractivity contribution >= 4 is 11.6 Å². The fraction of sp³-hybridized carbons (Fsp3) is 0.440. The third kappa shape index (κ3) is 4.81. The van der Waals surface area contributed by atoms with Gasteiger partial charge in [-0.15, -0.1) is 0 Å². The fourth-order valence-corrected chi connectivity index (χ4v) is 4.45. The molecular formula is C25H32N4O2. The van der Waals surface area contributed by atoms with Crippen LogP contribution in [0.2, 0.25) is 0 Å². The predicted molar refractivity (Wildman–Crippen MR) is 123 cm³/mol. The molecule has 4 rings (SSSR count). The molecule has 0 N–H and O–H groups in total. The molecule has 31 heavy (non-hydrogen) atoms. The summed E-state index contributed by atoms with van der Waals surface area (Å²) < 4.78 is 5.39. The van der Waals surface area contributed by atoms with Crippen molar-refractivity contribution in [1.29, 1.82) is 0 Å². The predicted octanol–water partition coefficient (Wildman–Crippen LogP) is 3.32. The number of nitrogens with zero attached hydrogens (tertiary/aromatic N) is 4. The van der Waals surface area contributed by atoms with E-state index in [-0.39, 0.29) is 11.9 Å². The van der Waals surface area contributed by atoms with Crippen molar-refractivity contribution < 1.29 is 9.53 Å². The average Bonchev–Trinajstić information content (AvgIpc) is 3.25. The first-order valence-electron chi connectivity index (χ1n) is 11.1. The number of carbonyl (C=O) groups excluding carboxylic acids is 1. The smallest absolute Gasteiger partial charge is 0.257 e. The zero-order valence-corrected chi connectivity index (χ0v) is 18.8. The molecule has 6 heteroatoms. The van der Waals surface area contributed by atoms with Gasteiger partial charge in [-0.25, -0.2) is 5.01 Å². The first-order chi connectivity index (χ1) is 15.1. The van der Waals surface area contributed by atoms with Crippen molar-refractivity contribution in [3.8, 4) is 5.75 Å². The van der Waals surface area contributed by atoms with E-state index in [0.717, 1.165) is 55.3 Å². The number of carbonyl (C=O) groups is 1. The zero-order valence-electron chi connectivity index (χ0n) is 18.8. The van der Waals surface area contributed by atoms with E-state index in [2.05, 4.69) is 35.8 Å². The maximum absolute atomic E-state index is 13.4. The van der Waals surface area contributed by atoms with Gasteiger partial charge in [-0.2, -0.15) is 5.10 Å². The molecule has 1 fully saturated rings. The van der Waals surface area contributed by atoms with Gasteiger partial charge in [0, 0.05) is 38.2 Å². The Morgan fingerprint density at radius 3 is 2.52 bits per heavy atom. The average molecular weight is 421 g/mol. The van der Waals surface area contributed by atoms with Crippen molar-refractivity contribution in [2.45, 2.75) is 26.3 Å². The molecule has 2 aromatic rings. The molecule has 1 saturated heterocycles. The largest absolute Gasteiger partial charge is 0.497 e. The second kappa shape index (κ2) is 9.62. The maximum Gasteiger partial charge on any atom is 0.257 e. The Morgan fingerprint density at radius 1 is 1.06 bits per heavy atom. The van der Waals surface area contributed by atoms with Gasteiger partial charge in [-0.3, -0.25) is 9.69 Å². The Bertz CT molecular complexity index is 950. The third-order valence-electron chi connectivity index (χ3n) is 6.39. The molecule has 0 aliphatic carbocycles. The number of rotatable bonds is 6. The minimum Gasteiger partial charge on any atom is -0.497 e. The first-order valence-corrected chi connectivity index (χ1v) is 11.1. The van der Waals surface area contributed by atoms with Crippen LogP contribution in [0.5, 0.6) is 5.75 Å². The molecular weight excluding hydrogens is 388 g/mol. The van der Waals surface area contributed by atoms with E-state index in [0.29, 0.717) is 13.0 Å². The van der Waals surface area contributed by atoms with E-state index in [1.165, 1.54) is 5.56 Å². The minimum absolute atomic E-state index is 0.0658. The van der Waals surface area contributed by atoms with E-state index in [9.17, 15) is 4.79 Å². The highest BCUT2D eigenvalue weighted by atomic mass is 16.5. The van der Waals surface area contributed by atoms with Gasteiger partial charge in [0.1, 0.15) is 5.75 Å². The van der Waals surface area contributed by atoms with Crippen LogP contribution in [0.1, 0.15) is 36.1 Å². The zero-order chi connectivity index (χ0) is 21.8. The minimum atomic E-state index is -0.0770. The Kier molecular flexibility index (Phi) is 6.68. The number of likely N-dealkylation sites (N-methyl/N-ethyl adjacent to an activating group) is 1. The summed E-state index contributed by atoms with van der Waals surface area (Å²) >= 11 is 0. The number of aryl methyl sites for hydroxylation is 1. The lowest BCUT2D eigenvalue weighted by molar-refractivity contribution is -0.134. The fourth-order valence-electron chi connectivity index (χ4n) is 4.45. The van der Waals surface area contributed by atoms with Crippen molar-refractivity contribution in [3.63, 3.8) is 0 Å². The Balaban J connectivity index is 1.58. The second-order valence-corrected chi connectivity index (χ2v) is 8.30. The van der Waals surface area contributed by atoms with Crippen LogP contribution in [0, 0.1) is 6.92 Å². The molecule has 2 aliphatic heterocycles. The van der Waals surface area contributed by atoms with Crippen LogP contribution < -0.4 is 4.74 Å². The van der Waals surface area contributed by atoms with E-state index in [1.807, 2.05) is 36.4 Å². The molecule has 164 valence electrons. The van der Waals surface area contributed by atoms with Crippen LogP contribution in [0.4, 0.5) is 0 Å². The highest BCUT2D eigenvalue weighted by Crippen LogP contribution is 2.35. The Labute approximate surface area is 185 Å². The molecule has 0 bridgehead atoms. The molecule has 2 heterocycles. The van der Waals surface area contributed by atoms with E-state index < -0.39 is 0 Å². The maximum atomic E-state index is 13.4. The van der Waals surface area contributed by atoms with Crippen LogP contribution in [0.15, 0.2) is 53.6 Å². The van der Waals surface area contributed by atoms with E-state index >= 15 is 0 Å². The highest BCUT2D eigenvalue weighted by Gasteiger charge is 2.34. The Hall–Kier alpha value is -2.70. The second-order valence-electron chi connectivity index (χ2n) is 8.30. The van der Waals surface area contributed by atoms with Crippen molar-refractivity contribution in [2.24, 2.45) is 5.10 Å². The third-order valence-corrected chi connectivity index (χ3v) is 6.39. The molecule has 2 aromatic carbocycles. The SMILES string of the molecule is CCN1CCN(CC(=O)N2N=C(c3cccc(OC)c3)C[C@H]2c2ccccc2C)CC1. The normalized spacial score (nSPS) is 20.0. The molecule has 6 nitrogen and oxygen atoms in total. The quantitative estimate of drug-likeness (QED) is 0.719. The van der Waals surface area contributed by atoms with Gasteiger partial charge >= 0.3 is 0 Å². The van der Waals surface area contributed by atoms with Crippen LogP contribution in [0.3, 0.4) is 0 Å². The summed E-state index contributed by atoms with van der Waals surface area (Å²) in [6.45, 7) is 9.65. The monoisotopic (exact) mass is 420 g/mol. The number of piperazine rings is 1. The lowest BCUT2D eigenvalue weighted by Gasteiger charge is -2.34. The number of methoxy groups -OCH3 is 1. The molecule has 0 saturated carbocycles. The van der Waals surface area contributed by atoms with Crippen molar-refractivity contribution in [3.05, 3.63) is 65.2 Å². The van der Waals surface area contributed by atoms with Gasteiger partial charge in [0.15, 0.2) is 0 Å². The van der Waals surface area contributed by atoms with Crippen LogP contribution in [-0.4, -0.2) is 72.8 Å². The molecule has 1 atom stereocenters. The summed E-state index contributed by atoms with van der Waals surface area (Å²) in [4.78, 5) is 18.1. The van der Waals surface area contributed by atoms with Gasteiger partial charge in [-0.05, 0) is 36.7 Å². The summed E-state index contributed by atoms with van der Waals surface area (Å²) in [5.74, 6) is 0.863. The number of hydrogen-bond donors (Lipinski definition) is 0. The van der Waals surface area contributed by atoms with Crippen molar-refractivity contribution in [1.82, 2.24) is 14.8 Å². The summed E-state index contributed by atoms with van der Waals surface area (Å²) in [5.41, 5.74) is 4.28. The van der Waals surface area contributed by atoms with E-state index in [1.54, 1.807) is 12.1 Å². The standard InChI is InChI=1S/C25H32N4O2/c1-4-27-12-14-28(15-13-27)18-25(30)29-24(22-11-6-5-8-19(22)2)17-23(26-29)20-9-7-10-21(16-20)31-3/h5-11,16,24H,4,12-15,17-18H2,1-3H3/t24-/m0/s1. The molecule has 2 aliphatic rings. The van der Waals surface area contributed by atoms with Gasteiger partial charge in [0.2, 0.25) is 0 Å². The van der Waals surface area contributed by atoms with E-state index in [4.69, 9.17) is 9.84 Å². The first kappa shape index (κ1) is 21.5. The summed E-state index contributed by atoms with van der Waals surface area (Å²) in [6.07, 6.45) is 0.702. The Morgan fingerprint density at radius 2 is 1.81 bits per heavy atom. The number of ether oxygens (including phenoxy) is 1. The van der Waals surface area contributed by atoms with Gasteiger partial charge in [-0.1, -0.05) is 43.3 Å². The molecule has 0 spiro atoms. The van der Waals surface area contributed by atoms with Gasteiger partial charge < -0.3 is 9.64 Å². The lowest BCUT2D eigenvalue weighted by atomic mass is 9.95. The molecule has 1 amide bonds. The highest BCUT2D eigenvalue weighted by molar-refractivity contribution is 6.03. The number of hydrazone groups is 1. The van der Waals surface area contributed by atoms with Crippen LogP contribution in [0.25, 0.3) is 0 Å². The number of hydrogen-bond acceptors (Lipinski definition) is 5. The summed E-state index contributed by atoms with van der Waals surface area (Å²) in [7, 11) is 1.67. The summed E-state index contributed by atoms with van der Waals surface area (Å²) in [5, 5.41) is 6.56. The molecule has 0 unspecified atom stereocenters. The number of benzene rings is 2. The van der Waals surface area contributed by atoms with Crippen molar-refractivity contribution in [2.75, 3.05) is 46.4 Å². The van der Waals surface area contributed by atoms with Gasteiger partial charge in [0.25, 0.3) is 5.91 Å². The molecule has 0 aromatic heterocycles. The summed E-state index contributed by atoms with van der Waals surface area (Å²) in [6, 6.07) is 16.1. The number of amides is 1. The van der Waals surface area contributed by atoms with Crippen LogP contribution >= 0.6 is 0 Å².